The molecule has 0 aliphatic rings. The molecule has 1 N–H and O–H groups in total. The second-order valence-electron chi connectivity index (χ2n) is 12.1. The van der Waals surface area contributed by atoms with Crippen molar-refractivity contribution in [3.8, 4) is 39.7 Å². The highest BCUT2D eigenvalue weighted by Gasteiger charge is 2.22. The highest BCUT2D eigenvalue weighted by atomic mass is 28.3. The molecule has 5 nitrogen and oxygen atoms in total. The topological polar surface area (TPSA) is 63.6 Å². The van der Waals surface area contributed by atoms with Gasteiger partial charge in [-0.05, 0) is 60.7 Å². The van der Waals surface area contributed by atoms with Crippen molar-refractivity contribution >= 4 is 51.7 Å². The highest BCUT2D eigenvalue weighted by Crippen LogP contribution is 2.41. The average Bonchev–Trinajstić information content (AvgIpc) is 3.59. The smallest absolute Gasteiger partial charge is 0.213 e. The summed E-state index contributed by atoms with van der Waals surface area (Å²) in [6, 6.07) is 38.8. The highest BCUT2D eigenvalue weighted by molar-refractivity contribution is 6.88. The molecule has 0 amide bonds. The predicted octanol–water partition coefficient (Wildman–Crippen LogP) is 9.03. The van der Waals surface area contributed by atoms with Crippen LogP contribution in [0.25, 0.3) is 72.4 Å². The van der Waals surface area contributed by atoms with Gasteiger partial charge >= 0.3 is 0 Å². The largest absolute Gasteiger partial charge is 0.507 e. The Labute approximate surface area is 249 Å². The summed E-state index contributed by atoms with van der Waals surface area (Å²) in [6.45, 7) is 7.10. The van der Waals surface area contributed by atoms with Gasteiger partial charge in [0, 0.05) is 27.2 Å². The lowest BCUT2D eigenvalue weighted by Gasteiger charge is -2.16. The fourth-order valence-corrected chi connectivity index (χ4v) is 7.16. The maximum absolute atomic E-state index is 11.2. The molecule has 0 fully saturated rings. The summed E-state index contributed by atoms with van der Waals surface area (Å²) < 4.78 is 8.91. The average molecular weight is 576 g/mol. The van der Waals surface area contributed by atoms with Crippen LogP contribution in [0.4, 0.5) is 0 Å². The van der Waals surface area contributed by atoms with Crippen LogP contribution in [0.1, 0.15) is 0 Å². The number of aromatic nitrogens is 3. The molecule has 5 heterocycles. The number of aromatic hydroxyl groups is 1. The number of benzene rings is 3. The normalized spacial score (nSPS) is 12.2. The number of hydrogen-bond acceptors (Lipinski definition) is 4. The molecule has 0 saturated carbocycles. The third-order valence-electron chi connectivity index (χ3n) is 8.26. The van der Waals surface area contributed by atoms with Crippen LogP contribution in [0.15, 0.2) is 120 Å². The van der Waals surface area contributed by atoms with Gasteiger partial charge in [0.25, 0.3) is 0 Å². The number of phenols is 1. The Bertz CT molecular complexity index is 2350. The van der Waals surface area contributed by atoms with Crippen molar-refractivity contribution in [2.75, 3.05) is 0 Å². The van der Waals surface area contributed by atoms with Crippen LogP contribution in [0.2, 0.25) is 19.6 Å². The molecule has 3 aromatic carbocycles. The number of pyridine rings is 3. The van der Waals surface area contributed by atoms with Crippen molar-refractivity contribution < 1.29 is 9.52 Å². The van der Waals surface area contributed by atoms with Crippen LogP contribution < -0.4 is 5.19 Å². The molecule has 0 spiro atoms. The van der Waals surface area contributed by atoms with E-state index in [0.717, 1.165) is 50.2 Å². The number of rotatable bonds is 4. The number of hydrogen-bond donors (Lipinski definition) is 1. The summed E-state index contributed by atoms with van der Waals surface area (Å²) in [5.41, 5.74) is 8.19. The first kappa shape index (κ1) is 25.5. The van der Waals surface area contributed by atoms with Crippen LogP contribution in [0, 0.1) is 0 Å². The van der Waals surface area contributed by atoms with Crippen molar-refractivity contribution in [3.63, 3.8) is 0 Å². The van der Waals surface area contributed by atoms with Gasteiger partial charge in [-0.2, -0.15) is 0 Å². The molecule has 0 unspecified atom stereocenters. The molecule has 6 heteroatoms. The Kier molecular flexibility index (Phi) is 5.58. The first-order valence-corrected chi connectivity index (χ1v) is 18.0. The van der Waals surface area contributed by atoms with E-state index in [1.807, 2.05) is 72.8 Å². The molecule has 0 aliphatic heterocycles. The second-order valence-corrected chi connectivity index (χ2v) is 17.2. The lowest BCUT2D eigenvalue weighted by molar-refractivity contribution is 0.476. The number of fused-ring (bicyclic) bond motifs is 7. The van der Waals surface area contributed by atoms with E-state index in [4.69, 9.17) is 14.4 Å². The Morgan fingerprint density at radius 3 is 2.12 bits per heavy atom. The van der Waals surface area contributed by atoms with Crippen LogP contribution in [-0.4, -0.2) is 27.5 Å². The maximum atomic E-state index is 11.2. The Morgan fingerprint density at radius 1 is 0.651 bits per heavy atom. The number of furan rings is 1. The van der Waals surface area contributed by atoms with E-state index in [-0.39, 0.29) is 5.75 Å². The first-order valence-electron chi connectivity index (χ1n) is 14.5. The van der Waals surface area contributed by atoms with E-state index < -0.39 is 8.07 Å². The zero-order valence-electron chi connectivity index (χ0n) is 24.2. The van der Waals surface area contributed by atoms with Gasteiger partial charge in [0.1, 0.15) is 5.75 Å². The third-order valence-corrected chi connectivity index (χ3v) is 10.3. The van der Waals surface area contributed by atoms with Crippen molar-refractivity contribution in [3.05, 3.63) is 115 Å². The van der Waals surface area contributed by atoms with Crippen LogP contribution in [-0.2, 0) is 0 Å². The zero-order valence-corrected chi connectivity index (χ0v) is 25.2. The summed E-state index contributed by atoms with van der Waals surface area (Å²) in [5, 5.41) is 15.7. The summed E-state index contributed by atoms with van der Waals surface area (Å²) >= 11 is 0. The minimum atomic E-state index is -1.52. The summed E-state index contributed by atoms with van der Waals surface area (Å²) in [4.78, 5) is 9.89. The van der Waals surface area contributed by atoms with Gasteiger partial charge < -0.3 is 9.52 Å². The van der Waals surface area contributed by atoms with Crippen LogP contribution in [0.5, 0.6) is 5.75 Å². The molecule has 43 heavy (non-hydrogen) atoms. The Balaban J connectivity index is 1.33. The predicted molar refractivity (Wildman–Crippen MR) is 179 cm³/mol. The molecule has 0 bridgehead atoms. The Morgan fingerprint density at radius 2 is 1.35 bits per heavy atom. The molecule has 0 saturated heterocycles. The monoisotopic (exact) mass is 575 g/mol. The standard InChI is InChI=1S/C37H29N3O2Si/c1-43(2,3)26-17-15-24-21-25-16-18-28-27-19-20-34(41)35(36(27)42-37(28)40(25)33(24)22-26)32-14-8-13-31(39-32)30-12-7-11-29(38-30)23-9-5-4-6-10-23/h4-22,41H,1-3H3. The molecular formula is C37H29N3O2Si. The fourth-order valence-electron chi connectivity index (χ4n) is 6.00. The van der Waals surface area contributed by atoms with Crippen molar-refractivity contribution in [2.45, 2.75) is 19.6 Å². The van der Waals surface area contributed by atoms with Gasteiger partial charge in [-0.15, -0.1) is 0 Å². The molecule has 0 aliphatic carbocycles. The van der Waals surface area contributed by atoms with Gasteiger partial charge in [0.05, 0.1) is 41.9 Å². The molecule has 8 rings (SSSR count). The van der Waals surface area contributed by atoms with E-state index in [2.05, 4.69) is 60.4 Å². The van der Waals surface area contributed by atoms with Gasteiger partial charge in [0.15, 0.2) is 5.58 Å². The minimum absolute atomic E-state index is 0.122. The third kappa shape index (κ3) is 4.14. The molecule has 0 radical (unpaired) electrons. The molecule has 8 aromatic rings. The quantitative estimate of drug-likeness (QED) is 0.213. The Hall–Kier alpha value is -5.20. The van der Waals surface area contributed by atoms with Crippen molar-refractivity contribution in [2.24, 2.45) is 0 Å². The van der Waals surface area contributed by atoms with Gasteiger partial charge in [-0.1, -0.05) is 79.4 Å². The molecule has 5 aromatic heterocycles. The molecule has 208 valence electrons. The van der Waals surface area contributed by atoms with Crippen molar-refractivity contribution in [1.82, 2.24) is 14.4 Å². The van der Waals surface area contributed by atoms with E-state index in [1.165, 1.54) is 10.6 Å². The van der Waals surface area contributed by atoms with Crippen molar-refractivity contribution in [1.29, 1.82) is 0 Å². The summed E-state index contributed by atoms with van der Waals surface area (Å²) in [6.07, 6.45) is 0. The van der Waals surface area contributed by atoms with Gasteiger partial charge in [-0.25, -0.2) is 9.97 Å². The van der Waals surface area contributed by atoms with E-state index in [9.17, 15) is 5.11 Å². The number of phenolic OH excluding ortho intramolecular Hbond substituents is 1. The lowest BCUT2D eigenvalue weighted by Crippen LogP contribution is -2.37. The first-order chi connectivity index (χ1) is 20.8. The number of nitrogens with zero attached hydrogens (tertiary/aromatic N) is 3. The molecule has 0 atom stereocenters. The molecular weight excluding hydrogens is 547 g/mol. The second kappa shape index (κ2) is 9.41. The van der Waals surface area contributed by atoms with E-state index >= 15 is 0 Å². The van der Waals surface area contributed by atoms with Crippen LogP contribution >= 0.6 is 0 Å². The summed E-state index contributed by atoms with van der Waals surface area (Å²) in [5.74, 6) is 0.122. The van der Waals surface area contributed by atoms with Crippen LogP contribution in [0.3, 0.4) is 0 Å². The zero-order chi connectivity index (χ0) is 29.3. The van der Waals surface area contributed by atoms with E-state index in [1.54, 1.807) is 6.07 Å². The summed E-state index contributed by atoms with van der Waals surface area (Å²) in [7, 11) is -1.52. The van der Waals surface area contributed by atoms with Gasteiger partial charge in [-0.3, -0.25) is 4.40 Å². The minimum Gasteiger partial charge on any atom is -0.507 e. The SMILES string of the molecule is C[Si](C)(C)c1ccc2cc3ccc4c5ccc(O)c(-c6cccc(-c7cccc(-c8ccccc8)n7)n6)c5oc4n3c2c1. The lowest BCUT2D eigenvalue weighted by atomic mass is 10.0. The maximum Gasteiger partial charge on any atom is 0.213 e. The fraction of sp³-hybridized carbons (Fsp3) is 0.0811. The van der Waals surface area contributed by atoms with E-state index in [0.29, 0.717) is 16.8 Å². The van der Waals surface area contributed by atoms with Gasteiger partial charge in [0.2, 0.25) is 5.71 Å².